The first kappa shape index (κ1) is 18.3. The quantitative estimate of drug-likeness (QED) is 0.769. The van der Waals surface area contributed by atoms with Crippen molar-refractivity contribution in [1.82, 2.24) is 9.88 Å². The maximum Gasteiger partial charge on any atom is 0.344 e. The Labute approximate surface area is 145 Å². The summed E-state index contributed by atoms with van der Waals surface area (Å²) < 4.78 is 11.6. The Hall–Kier alpha value is -3.09. The smallest absolute Gasteiger partial charge is 0.344 e. The van der Waals surface area contributed by atoms with Gasteiger partial charge in [0.25, 0.3) is 11.8 Å². The average Bonchev–Trinajstić information content (AvgIpc) is 3.04. The summed E-state index contributed by atoms with van der Waals surface area (Å²) in [6.45, 7) is 1.18. The molecule has 0 unspecified atom stereocenters. The van der Waals surface area contributed by atoms with Gasteiger partial charge >= 0.3 is 5.97 Å². The molecule has 7 heteroatoms. The summed E-state index contributed by atoms with van der Waals surface area (Å²) in [6, 6.07) is 10.6. The van der Waals surface area contributed by atoms with Crippen molar-refractivity contribution in [3.63, 3.8) is 0 Å². The van der Waals surface area contributed by atoms with Crippen LogP contribution in [0.4, 0.5) is 0 Å². The van der Waals surface area contributed by atoms with Gasteiger partial charge in [-0.15, -0.1) is 0 Å². The molecule has 0 aliphatic carbocycles. The van der Waals surface area contributed by atoms with Crippen molar-refractivity contribution in [2.24, 2.45) is 7.05 Å². The van der Waals surface area contributed by atoms with Crippen LogP contribution in [0.15, 0.2) is 42.6 Å². The van der Waals surface area contributed by atoms with Gasteiger partial charge in [-0.05, 0) is 36.2 Å². The largest absolute Gasteiger partial charge is 0.482 e. The Morgan fingerprint density at radius 2 is 1.80 bits per heavy atom. The lowest BCUT2D eigenvalue weighted by atomic mass is 10.2. The Bertz CT molecular complexity index is 749. The van der Waals surface area contributed by atoms with Gasteiger partial charge < -0.3 is 14.0 Å². The normalized spacial score (nSPS) is 10.2. The minimum absolute atomic E-state index is 0.315. The summed E-state index contributed by atoms with van der Waals surface area (Å²) in [5.74, 6) is -1.41. The van der Waals surface area contributed by atoms with Crippen LogP contribution in [0.25, 0.3) is 0 Å². The van der Waals surface area contributed by atoms with E-state index in [2.05, 4.69) is 5.32 Å². The number of aromatic nitrogens is 1. The van der Waals surface area contributed by atoms with E-state index in [-0.39, 0.29) is 6.61 Å². The zero-order valence-electron chi connectivity index (χ0n) is 14.2. The molecule has 0 saturated heterocycles. The number of hydrogen-bond donors (Lipinski definition) is 1. The topological polar surface area (TPSA) is 86.6 Å². The van der Waals surface area contributed by atoms with Gasteiger partial charge in [0.05, 0.1) is 0 Å². The summed E-state index contributed by atoms with van der Waals surface area (Å²) in [7, 11) is 1.68. The molecule has 2 aromatic rings. The second kappa shape index (κ2) is 8.68. The van der Waals surface area contributed by atoms with Crippen LogP contribution in [-0.4, -0.2) is 35.6 Å². The number of aryl methyl sites for hydroxylation is 2. The van der Waals surface area contributed by atoms with Crippen molar-refractivity contribution < 1.29 is 23.9 Å². The number of carbonyl (C=O) groups is 3. The van der Waals surface area contributed by atoms with E-state index in [0.29, 0.717) is 11.4 Å². The van der Waals surface area contributed by atoms with E-state index in [1.165, 1.54) is 0 Å². The Balaban J connectivity index is 1.71. The van der Waals surface area contributed by atoms with Gasteiger partial charge in [-0.3, -0.25) is 14.9 Å². The van der Waals surface area contributed by atoms with Crippen LogP contribution in [-0.2, 0) is 27.8 Å². The van der Waals surface area contributed by atoms with Crippen LogP contribution < -0.4 is 10.1 Å². The van der Waals surface area contributed by atoms with Crippen LogP contribution in [0.1, 0.15) is 23.0 Å². The molecule has 0 aliphatic heterocycles. The van der Waals surface area contributed by atoms with E-state index >= 15 is 0 Å². The summed E-state index contributed by atoms with van der Waals surface area (Å²) in [5, 5.41) is 2.15. The minimum Gasteiger partial charge on any atom is -0.482 e. The molecule has 2 amide bonds. The molecule has 25 heavy (non-hydrogen) atoms. The molecule has 1 N–H and O–H groups in total. The van der Waals surface area contributed by atoms with Crippen molar-refractivity contribution in [2.75, 3.05) is 13.2 Å². The number of benzene rings is 1. The molecule has 0 aliphatic rings. The van der Waals surface area contributed by atoms with Crippen molar-refractivity contribution in [3.8, 4) is 5.75 Å². The highest BCUT2D eigenvalue weighted by Gasteiger charge is 2.14. The molecule has 0 spiro atoms. The number of carbonyl (C=O) groups excluding carboxylic acids is 3. The Kier molecular flexibility index (Phi) is 6.33. The number of ether oxygens (including phenoxy) is 2. The number of rotatable bonds is 7. The fourth-order valence-electron chi connectivity index (χ4n) is 2.08. The van der Waals surface area contributed by atoms with Gasteiger partial charge in [-0.1, -0.05) is 19.1 Å². The first-order chi connectivity index (χ1) is 12.0. The van der Waals surface area contributed by atoms with E-state index in [0.717, 1.165) is 12.0 Å². The lowest BCUT2D eigenvalue weighted by Gasteiger charge is -2.08. The number of esters is 1. The number of nitrogens with one attached hydrogen (secondary N) is 1. The standard InChI is InChI=1S/C18H20N2O5/c1-3-13-6-8-14(9-7-13)24-12-17(22)25-11-16(21)19-18(23)15-5-4-10-20(15)2/h4-10H,3,11-12H2,1-2H3,(H,19,21,23). The van der Waals surface area contributed by atoms with Crippen LogP contribution in [0.3, 0.4) is 0 Å². The lowest BCUT2D eigenvalue weighted by molar-refractivity contribution is -0.150. The predicted molar refractivity (Wildman–Crippen MR) is 90.2 cm³/mol. The molecule has 0 bridgehead atoms. The fourth-order valence-corrected chi connectivity index (χ4v) is 2.08. The highest BCUT2D eigenvalue weighted by molar-refractivity contribution is 6.04. The lowest BCUT2D eigenvalue weighted by Crippen LogP contribution is -2.35. The van der Waals surface area contributed by atoms with Crippen molar-refractivity contribution >= 4 is 17.8 Å². The van der Waals surface area contributed by atoms with Crippen LogP contribution >= 0.6 is 0 Å². The fraction of sp³-hybridized carbons (Fsp3) is 0.278. The highest BCUT2D eigenvalue weighted by atomic mass is 16.6. The second-order valence-corrected chi connectivity index (χ2v) is 5.33. The molecule has 0 saturated carbocycles. The summed E-state index contributed by atoms with van der Waals surface area (Å²) in [4.78, 5) is 35.1. The van der Waals surface area contributed by atoms with Gasteiger partial charge in [0, 0.05) is 13.2 Å². The molecule has 0 radical (unpaired) electrons. The molecule has 2 rings (SSSR count). The first-order valence-electron chi connectivity index (χ1n) is 7.82. The van der Waals surface area contributed by atoms with Gasteiger partial charge in [0.2, 0.25) is 0 Å². The summed E-state index contributed by atoms with van der Waals surface area (Å²) >= 11 is 0. The molecule has 1 aromatic heterocycles. The van der Waals surface area contributed by atoms with E-state index in [9.17, 15) is 14.4 Å². The third-order valence-electron chi connectivity index (χ3n) is 3.48. The monoisotopic (exact) mass is 344 g/mol. The molecule has 0 fully saturated rings. The maximum absolute atomic E-state index is 11.8. The Morgan fingerprint density at radius 1 is 1.08 bits per heavy atom. The van der Waals surface area contributed by atoms with E-state index in [1.807, 2.05) is 19.1 Å². The van der Waals surface area contributed by atoms with E-state index in [4.69, 9.17) is 9.47 Å². The number of amides is 2. The minimum atomic E-state index is -0.702. The maximum atomic E-state index is 11.8. The molecule has 7 nitrogen and oxygen atoms in total. The second-order valence-electron chi connectivity index (χ2n) is 5.33. The first-order valence-corrected chi connectivity index (χ1v) is 7.82. The molecule has 132 valence electrons. The molecule has 0 atom stereocenters. The number of hydrogen-bond acceptors (Lipinski definition) is 5. The molecule has 1 heterocycles. The third kappa shape index (κ3) is 5.49. The van der Waals surface area contributed by atoms with Crippen molar-refractivity contribution in [1.29, 1.82) is 0 Å². The molecular formula is C18H20N2O5. The zero-order valence-corrected chi connectivity index (χ0v) is 14.2. The number of nitrogens with zero attached hydrogens (tertiary/aromatic N) is 1. The Morgan fingerprint density at radius 3 is 2.40 bits per heavy atom. The van der Waals surface area contributed by atoms with Crippen molar-refractivity contribution in [2.45, 2.75) is 13.3 Å². The molecular weight excluding hydrogens is 324 g/mol. The van der Waals surface area contributed by atoms with Crippen LogP contribution in [0.5, 0.6) is 5.75 Å². The third-order valence-corrected chi connectivity index (χ3v) is 3.48. The summed E-state index contributed by atoms with van der Waals surface area (Å²) in [6.07, 6.45) is 2.60. The SMILES string of the molecule is CCc1ccc(OCC(=O)OCC(=O)NC(=O)c2cccn2C)cc1. The van der Waals surface area contributed by atoms with Crippen molar-refractivity contribution in [3.05, 3.63) is 53.9 Å². The van der Waals surface area contributed by atoms with E-state index in [1.54, 1.807) is 42.1 Å². The number of imide groups is 1. The van der Waals surface area contributed by atoms with Gasteiger partial charge in [0.1, 0.15) is 11.4 Å². The highest BCUT2D eigenvalue weighted by Crippen LogP contribution is 2.12. The predicted octanol–water partition coefficient (Wildman–Crippen LogP) is 1.47. The molecule has 1 aromatic carbocycles. The van der Waals surface area contributed by atoms with Crippen LogP contribution in [0, 0.1) is 0 Å². The average molecular weight is 344 g/mol. The van der Waals surface area contributed by atoms with Crippen LogP contribution in [0.2, 0.25) is 0 Å². The van der Waals surface area contributed by atoms with Gasteiger partial charge in [-0.25, -0.2) is 4.79 Å². The van der Waals surface area contributed by atoms with E-state index < -0.39 is 24.4 Å². The zero-order chi connectivity index (χ0) is 18.2. The van der Waals surface area contributed by atoms with Gasteiger partial charge in [-0.2, -0.15) is 0 Å². The summed E-state index contributed by atoms with van der Waals surface area (Å²) in [5.41, 5.74) is 1.49. The van der Waals surface area contributed by atoms with Gasteiger partial charge in [0.15, 0.2) is 13.2 Å².